The van der Waals surface area contributed by atoms with Crippen LogP contribution in [-0.4, -0.2) is 42.9 Å². The van der Waals surface area contributed by atoms with Gasteiger partial charge in [-0.05, 0) is 33.1 Å². The van der Waals surface area contributed by atoms with Crippen molar-refractivity contribution in [3.8, 4) is 0 Å². The number of hydrogen-bond acceptors (Lipinski definition) is 4. The van der Waals surface area contributed by atoms with Crippen LogP contribution in [0.5, 0.6) is 0 Å². The normalized spacial score (nSPS) is 39.3. The van der Waals surface area contributed by atoms with Gasteiger partial charge in [0, 0.05) is 36.5 Å². The van der Waals surface area contributed by atoms with Gasteiger partial charge in [0.05, 0.1) is 12.2 Å². The van der Waals surface area contributed by atoms with E-state index in [0.29, 0.717) is 19.1 Å². The van der Waals surface area contributed by atoms with E-state index in [1.165, 1.54) is 12.8 Å². The summed E-state index contributed by atoms with van der Waals surface area (Å²) in [5, 5.41) is 3.30. The number of amides is 1. The van der Waals surface area contributed by atoms with Crippen LogP contribution < -0.4 is 11.1 Å². The van der Waals surface area contributed by atoms with Crippen LogP contribution in [-0.2, 0) is 14.3 Å². The first-order valence-corrected chi connectivity index (χ1v) is 9.65. The summed E-state index contributed by atoms with van der Waals surface area (Å²) >= 11 is 0. The molecular weight excluding hydrogens is 304 g/mol. The third kappa shape index (κ3) is 2.43. The monoisotopic (exact) mass is 338 g/mol. The second-order valence-corrected chi connectivity index (χ2v) is 8.49. The average molecular weight is 338 g/mol. The molecule has 0 aromatic heterocycles. The Kier molecular flexibility index (Phi) is 4.73. The maximum absolute atomic E-state index is 13.0. The topological polar surface area (TPSA) is 73.6 Å². The van der Waals surface area contributed by atoms with E-state index in [4.69, 9.17) is 15.2 Å². The second-order valence-electron chi connectivity index (χ2n) is 8.49. The fourth-order valence-corrected chi connectivity index (χ4v) is 5.20. The zero-order chi connectivity index (χ0) is 17.6. The van der Waals surface area contributed by atoms with Crippen molar-refractivity contribution in [2.45, 2.75) is 90.0 Å². The lowest BCUT2D eigenvalue weighted by Gasteiger charge is -2.60. The van der Waals surface area contributed by atoms with Crippen molar-refractivity contribution in [3.63, 3.8) is 0 Å². The molecule has 3 aliphatic rings. The van der Waals surface area contributed by atoms with Gasteiger partial charge < -0.3 is 20.5 Å². The predicted molar refractivity (Wildman–Crippen MR) is 93.6 cm³/mol. The highest BCUT2D eigenvalue weighted by Gasteiger charge is 2.64. The zero-order valence-electron chi connectivity index (χ0n) is 15.7. The van der Waals surface area contributed by atoms with Gasteiger partial charge >= 0.3 is 0 Å². The molecule has 138 valence electrons. The Morgan fingerprint density at radius 3 is 2.25 bits per heavy atom. The minimum Gasteiger partial charge on any atom is -0.378 e. The van der Waals surface area contributed by atoms with Gasteiger partial charge in [-0.2, -0.15) is 0 Å². The zero-order valence-corrected chi connectivity index (χ0v) is 15.7. The first kappa shape index (κ1) is 18.2. The molecule has 0 heterocycles. The second kappa shape index (κ2) is 6.26. The minimum atomic E-state index is -0.830. The molecule has 24 heavy (non-hydrogen) atoms. The number of nitrogens with two attached hydrogens (primary N) is 1. The van der Waals surface area contributed by atoms with Crippen LogP contribution in [0.15, 0.2) is 0 Å². The lowest BCUT2D eigenvalue weighted by molar-refractivity contribution is -0.178. The largest absolute Gasteiger partial charge is 0.378 e. The number of nitrogens with one attached hydrogen (secondary N) is 1. The number of carbonyl (C=O) groups excluding carboxylic acids is 1. The molecule has 3 aliphatic carbocycles. The number of ether oxygens (including phenoxy) is 2. The van der Waals surface area contributed by atoms with E-state index in [1.807, 2.05) is 27.7 Å². The summed E-state index contributed by atoms with van der Waals surface area (Å²) in [5.41, 5.74) is 5.51. The lowest BCUT2D eigenvalue weighted by atomic mass is 9.53. The maximum atomic E-state index is 13.0. The first-order valence-electron chi connectivity index (χ1n) is 9.65. The van der Waals surface area contributed by atoms with Crippen molar-refractivity contribution >= 4 is 5.91 Å². The van der Waals surface area contributed by atoms with Crippen LogP contribution in [0.4, 0.5) is 0 Å². The average Bonchev–Trinajstić information content (AvgIpc) is 3.06. The quantitative estimate of drug-likeness (QED) is 0.780. The van der Waals surface area contributed by atoms with Crippen molar-refractivity contribution in [3.05, 3.63) is 0 Å². The molecule has 0 bridgehead atoms. The van der Waals surface area contributed by atoms with Gasteiger partial charge in [-0.1, -0.05) is 26.7 Å². The van der Waals surface area contributed by atoms with Crippen molar-refractivity contribution in [1.82, 2.24) is 5.32 Å². The fourth-order valence-electron chi connectivity index (χ4n) is 5.20. The van der Waals surface area contributed by atoms with E-state index in [2.05, 4.69) is 5.32 Å². The van der Waals surface area contributed by atoms with Crippen LogP contribution in [0.3, 0.4) is 0 Å². The third-order valence-corrected chi connectivity index (χ3v) is 7.23. The minimum absolute atomic E-state index is 0.00493. The Morgan fingerprint density at radius 1 is 1.12 bits per heavy atom. The Hall–Kier alpha value is -0.650. The summed E-state index contributed by atoms with van der Waals surface area (Å²) in [5.74, 6) is -0.00493. The van der Waals surface area contributed by atoms with Gasteiger partial charge in [0.15, 0.2) is 0 Å². The molecule has 4 atom stereocenters. The molecule has 3 N–H and O–H groups in total. The molecule has 0 aromatic carbocycles. The van der Waals surface area contributed by atoms with Crippen LogP contribution in [0, 0.1) is 10.8 Å². The number of carbonyl (C=O) groups is 1. The van der Waals surface area contributed by atoms with Crippen molar-refractivity contribution in [1.29, 1.82) is 0 Å². The molecule has 3 fully saturated rings. The predicted octanol–water partition coefficient (Wildman–Crippen LogP) is 2.37. The van der Waals surface area contributed by atoms with Gasteiger partial charge in [-0.3, -0.25) is 4.79 Å². The molecule has 0 saturated heterocycles. The van der Waals surface area contributed by atoms with E-state index >= 15 is 0 Å². The number of rotatable bonds is 6. The van der Waals surface area contributed by atoms with Crippen molar-refractivity contribution < 1.29 is 14.3 Å². The molecule has 3 saturated carbocycles. The SMILES string of the molecule is CCOC1CC(NC(=O)C2(N)CC(OCC)C2(C)C)C12CCCC2. The molecule has 0 aliphatic heterocycles. The van der Waals surface area contributed by atoms with Gasteiger partial charge in [0.2, 0.25) is 5.91 Å². The van der Waals surface area contributed by atoms with E-state index in [0.717, 1.165) is 25.9 Å². The Bertz CT molecular complexity index is 487. The molecule has 5 heteroatoms. The Morgan fingerprint density at radius 2 is 1.71 bits per heavy atom. The Balaban J connectivity index is 1.65. The first-order chi connectivity index (χ1) is 11.3. The van der Waals surface area contributed by atoms with E-state index in [-0.39, 0.29) is 28.9 Å². The van der Waals surface area contributed by atoms with E-state index in [9.17, 15) is 4.79 Å². The summed E-state index contributed by atoms with van der Waals surface area (Å²) in [4.78, 5) is 13.0. The molecule has 5 nitrogen and oxygen atoms in total. The molecule has 1 amide bonds. The van der Waals surface area contributed by atoms with Gasteiger partial charge in [-0.15, -0.1) is 0 Å². The summed E-state index contributed by atoms with van der Waals surface area (Å²) in [6, 6.07) is 0.214. The maximum Gasteiger partial charge on any atom is 0.241 e. The van der Waals surface area contributed by atoms with Crippen LogP contribution in [0.25, 0.3) is 0 Å². The molecule has 0 aromatic rings. The smallest absolute Gasteiger partial charge is 0.241 e. The summed E-state index contributed by atoms with van der Waals surface area (Å²) < 4.78 is 11.7. The van der Waals surface area contributed by atoms with Crippen LogP contribution in [0.2, 0.25) is 0 Å². The molecule has 0 radical (unpaired) electrons. The molecular formula is C19H34N2O3. The highest BCUT2D eigenvalue weighted by atomic mass is 16.5. The molecule has 3 rings (SSSR count). The van der Waals surface area contributed by atoms with E-state index < -0.39 is 5.54 Å². The summed E-state index contributed by atoms with van der Waals surface area (Å²) in [7, 11) is 0. The van der Waals surface area contributed by atoms with Gasteiger partial charge in [0.25, 0.3) is 0 Å². The van der Waals surface area contributed by atoms with Gasteiger partial charge in [0.1, 0.15) is 5.54 Å². The van der Waals surface area contributed by atoms with Gasteiger partial charge in [-0.25, -0.2) is 0 Å². The van der Waals surface area contributed by atoms with Crippen molar-refractivity contribution in [2.24, 2.45) is 16.6 Å². The molecule has 4 unspecified atom stereocenters. The van der Waals surface area contributed by atoms with Crippen molar-refractivity contribution in [2.75, 3.05) is 13.2 Å². The van der Waals surface area contributed by atoms with Crippen LogP contribution in [0.1, 0.15) is 66.2 Å². The lowest BCUT2D eigenvalue weighted by Crippen LogP contribution is -2.78. The summed E-state index contributed by atoms with van der Waals surface area (Å²) in [6.45, 7) is 9.54. The Labute approximate surface area is 146 Å². The number of hydrogen-bond donors (Lipinski definition) is 2. The van der Waals surface area contributed by atoms with Crippen LogP contribution >= 0.6 is 0 Å². The standard InChI is InChI=1S/C19H34N2O3/c1-5-23-14-11-13(18(14)9-7-8-10-18)21-16(22)19(20)12-15(24-6-2)17(19,3)4/h13-15H,5-12,20H2,1-4H3,(H,21,22). The van der Waals surface area contributed by atoms with E-state index in [1.54, 1.807) is 0 Å². The summed E-state index contributed by atoms with van der Waals surface area (Å²) in [6.07, 6.45) is 6.68. The third-order valence-electron chi connectivity index (χ3n) is 7.23. The highest BCUT2D eigenvalue weighted by molar-refractivity contribution is 5.89. The molecule has 1 spiro atoms. The fraction of sp³-hybridized carbons (Fsp3) is 0.947. The highest BCUT2D eigenvalue weighted by Crippen LogP contribution is 2.56.